The first-order valence-corrected chi connectivity index (χ1v) is 6.45. The Morgan fingerprint density at radius 3 is 2.72 bits per heavy atom. The number of anilines is 1. The van der Waals surface area contributed by atoms with Crippen molar-refractivity contribution in [2.75, 3.05) is 18.5 Å². The van der Waals surface area contributed by atoms with Crippen molar-refractivity contribution in [3.63, 3.8) is 0 Å². The van der Waals surface area contributed by atoms with Gasteiger partial charge < -0.3 is 10.1 Å². The van der Waals surface area contributed by atoms with Crippen molar-refractivity contribution in [3.8, 4) is 0 Å². The van der Waals surface area contributed by atoms with Crippen LogP contribution in [-0.4, -0.2) is 19.2 Å². The predicted molar refractivity (Wildman–Crippen MR) is 73.8 cm³/mol. The van der Waals surface area contributed by atoms with Gasteiger partial charge in [0.15, 0.2) is 0 Å². The standard InChI is InChI=1S/C14H22N2O2/c1-4-10-15-11(3)12-8-6-7-9-13(12)16-14(17)18-5-2/h6-9,11,15H,4-5,10H2,1-3H3,(H,16,17). The van der Waals surface area contributed by atoms with Crippen LogP contribution < -0.4 is 10.6 Å². The molecule has 1 rings (SSSR count). The number of nitrogens with one attached hydrogen (secondary N) is 2. The molecule has 0 fully saturated rings. The van der Waals surface area contributed by atoms with Gasteiger partial charge in [0.25, 0.3) is 0 Å². The summed E-state index contributed by atoms with van der Waals surface area (Å²) in [5.74, 6) is 0. The maximum atomic E-state index is 11.4. The molecule has 1 atom stereocenters. The number of ether oxygens (including phenoxy) is 1. The molecule has 0 aliphatic rings. The van der Waals surface area contributed by atoms with Crippen LogP contribution in [0.4, 0.5) is 10.5 Å². The molecule has 0 radical (unpaired) electrons. The quantitative estimate of drug-likeness (QED) is 0.814. The average molecular weight is 250 g/mol. The van der Waals surface area contributed by atoms with Gasteiger partial charge in [-0.2, -0.15) is 0 Å². The van der Waals surface area contributed by atoms with E-state index in [1.165, 1.54) is 0 Å². The third-order valence-electron chi connectivity index (χ3n) is 2.64. The van der Waals surface area contributed by atoms with Crippen LogP contribution in [0.5, 0.6) is 0 Å². The Kier molecular flexibility index (Phi) is 6.22. The minimum atomic E-state index is -0.410. The molecule has 4 heteroatoms. The molecule has 0 heterocycles. The molecule has 1 amide bonds. The number of para-hydroxylation sites is 1. The van der Waals surface area contributed by atoms with E-state index in [1.54, 1.807) is 6.92 Å². The molecular weight excluding hydrogens is 228 g/mol. The van der Waals surface area contributed by atoms with Crippen LogP contribution in [0.2, 0.25) is 0 Å². The molecule has 0 saturated heterocycles. The number of amides is 1. The maximum absolute atomic E-state index is 11.4. The van der Waals surface area contributed by atoms with Crippen LogP contribution in [0.3, 0.4) is 0 Å². The number of carbonyl (C=O) groups is 1. The van der Waals surface area contributed by atoms with E-state index in [4.69, 9.17) is 4.74 Å². The molecule has 0 aliphatic carbocycles. The van der Waals surface area contributed by atoms with Crippen LogP contribution in [0, 0.1) is 0 Å². The Morgan fingerprint density at radius 2 is 2.06 bits per heavy atom. The zero-order valence-electron chi connectivity index (χ0n) is 11.3. The summed E-state index contributed by atoms with van der Waals surface area (Å²) in [5, 5.41) is 6.17. The Bertz CT molecular complexity index is 380. The summed E-state index contributed by atoms with van der Waals surface area (Å²) in [6.07, 6.45) is 0.672. The van der Waals surface area contributed by atoms with Crippen LogP contribution in [0.15, 0.2) is 24.3 Å². The monoisotopic (exact) mass is 250 g/mol. The van der Waals surface area contributed by atoms with Gasteiger partial charge >= 0.3 is 6.09 Å². The second-order valence-corrected chi connectivity index (χ2v) is 4.11. The van der Waals surface area contributed by atoms with Gasteiger partial charge in [-0.3, -0.25) is 5.32 Å². The molecule has 4 nitrogen and oxygen atoms in total. The van der Waals surface area contributed by atoms with Crippen molar-refractivity contribution in [2.24, 2.45) is 0 Å². The first kappa shape index (κ1) is 14.5. The van der Waals surface area contributed by atoms with Gasteiger partial charge in [0, 0.05) is 11.7 Å². The highest BCUT2D eigenvalue weighted by Gasteiger charge is 2.11. The molecular formula is C14H22N2O2. The molecule has 0 aromatic heterocycles. The zero-order chi connectivity index (χ0) is 13.4. The molecule has 2 N–H and O–H groups in total. The van der Waals surface area contributed by atoms with E-state index in [0.717, 1.165) is 24.2 Å². The number of hydrogen-bond acceptors (Lipinski definition) is 3. The third kappa shape index (κ3) is 4.37. The van der Waals surface area contributed by atoms with Gasteiger partial charge in [-0.25, -0.2) is 4.79 Å². The highest BCUT2D eigenvalue weighted by molar-refractivity contribution is 5.85. The van der Waals surface area contributed by atoms with Crippen LogP contribution in [0.25, 0.3) is 0 Å². The molecule has 1 aromatic carbocycles. The van der Waals surface area contributed by atoms with Gasteiger partial charge in [-0.15, -0.1) is 0 Å². The maximum Gasteiger partial charge on any atom is 0.411 e. The van der Waals surface area contributed by atoms with Gasteiger partial charge in [0.05, 0.1) is 6.61 Å². The lowest BCUT2D eigenvalue weighted by Gasteiger charge is -2.18. The topological polar surface area (TPSA) is 50.4 Å². The van der Waals surface area contributed by atoms with Gasteiger partial charge in [0.2, 0.25) is 0 Å². The molecule has 0 spiro atoms. The summed E-state index contributed by atoms with van der Waals surface area (Å²) in [6, 6.07) is 7.96. The fourth-order valence-corrected chi connectivity index (χ4v) is 1.74. The number of rotatable bonds is 6. The Hall–Kier alpha value is -1.55. The fourth-order valence-electron chi connectivity index (χ4n) is 1.74. The molecule has 0 aliphatic heterocycles. The largest absolute Gasteiger partial charge is 0.450 e. The molecule has 0 saturated carbocycles. The summed E-state index contributed by atoms with van der Waals surface area (Å²) < 4.78 is 4.89. The predicted octanol–water partition coefficient (Wildman–Crippen LogP) is 3.32. The van der Waals surface area contributed by atoms with E-state index in [2.05, 4.69) is 24.5 Å². The lowest BCUT2D eigenvalue weighted by Crippen LogP contribution is -2.22. The number of benzene rings is 1. The van der Waals surface area contributed by atoms with E-state index in [-0.39, 0.29) is 6.04 Å². The minimum Gasteiger partial charge on any atom is -0.450 e. The third-order valence-corrected chi connectivity index (χ3v) is 2.64. The molecule has 1 unspecified atom stereocenters. The number of hydrogen-bond donors (Lipinski definition) is 2. The van der Waals surface area contributed by atoms with Crippen molar-refractivity contribution in [3.05, 3.63) is 29.8 Å². The summed E-state index contributed by atoms with van der Waals surface area (Å²) in [4.78, 5) is 11.4. The van der Waals surface area contributed by atoms with Crippen molar-refractivity contribution < 1.29 is 9.53 Å². The van der Waals surface area contributed by atoms with Crippen LogP contribution in [-0.2, 0) is 4.74 Å². The summed E-state index contributed by atoms with van der Waals surface area (Å²) in [6.45, 7) is 7.33. The Labute approximate surface area is 109 Å². The normalized spacial score (nSPS) is 11.9. The summed E-state index contributed by atoms with van der Waals surface area (Å²) >= 11 is 0. The minimum absolute atomic E-state index is 0.197. The van der Waals surface area contributed by atoms with Crippen molar-refractivity contribution >= 4 is 11.8 Å². The lowest BCUT2D eigenvalue weighted by molar-refractivity contribution is 0.168. The smallest absolute Gasteiger partial charge is 0.411 e. The van der Waals surface area contributed by atoms with Gasteiger partial charge in [0.1, 0.15) is 0 Å². The van der Waals surface area contributed by atoms with E-state index >= 15 is 0 Å². The number of carbonyl (C=O) groups excluding carboxylic acids is 1. The Balaban J connectivity index is 2.75. The summed E-state index contributed by atoms with van der Waals surface area (Å²) in [7, 11) is 0. The van der Waals surface area contributed by atoms with E-state index < -0.39 is 6.09 Å². The Morgan fingerprint density at radius 1 is 1.33 bits per heavy atom. The lowest BCUT2D eigenvalue weighted by atomic mass is 10.1. The van der Waals surface area contributed by atoms with E-state index in [1.807, 2.05) is 24.3 Å². The van der Waals surface area contributed by atoms with Crippen molar-refractivity contribution in [1.82, 2.24) is 5.32 Å². The van der Waals surface area contributed by atoms with E-state index in [0.29, 0.717) is 6.61 Å². The van der Waals surface area contributed by atoms with Crippen molar-refractivity contribution in [1.29, 1.82) is 0 Å². The summed E-state index contributed by atoms with van der Waals surface area (Å²) in [5.41, 5.74) is 1.87. The van der Waals surface area contributed by atoms with Crippen molar-refractivity contribution in [2.45, 2.75) is 33.2 Å². The average Bonchev–Trinajstić information content (AvgIpc) is 2.37. The highest BCUT2D eigenvalue weighted by Crippen LogP contribution is 2.22. The second kappa shape index (κ2) is 7.71. The second-order valence-electron chi connectivity index (χ2n) is 4.11. The molecule has 1 aromatic rings. The van der Waals surface area contributed by atoms with Crippen LogP contribution >= 0.6 is 0 Å². The van der Waals surface area contributed by atoms with Crippen LogP contribution in [0.1, 0.15) is 38.8 Å². The molecule has 18 heavy (non-hydrogen) atoms. The van der Waals surface area contributed by atoms with E-state index in [9.17, 15) is 4.79 Å². The highest BCUT2D eigenvalue weighted by atomic mass is 16.5. The SMILES string of the molecule is CCCNC(C)c1ccccc1NC(=O)OCC. The fraction of sp³-hybridized carbons (Fsp3) is 0.500. The first-order chi connectivity index (χ1) is 8.69. The van der Waals surface area contributed by atoms with Gasteiger partial charge in [-0.05, 0) is 38.4 Å². The first-order valence-electron chi connectivity index (χ1n) is 6.45. The van der Waals surface area contributed by atoms with Gasteiger partial charge in [-0.1, -0.05) is 25.1 Å². The molecule has 100 valence electrons. The molecule has 0 bridgehead atoms. The zero-order valence-corrected chi connectivity index (χ0v) is 11.3.